The lowest BCUT2D eigenvalue weighted by Crippen LogP contribution is -2.13. The van der Waals surface area contributed by atoms with Gasteiger partial charge in [0.05, 0.1) is 6.10 Å². The zero-order valence-electron chi connectivity index (χ0n) is 8.42. The minimum absolute atomic E-state index is 0.151. The molecule has 15 heavy (non-hydrogen) atoms. The number of hydrogen-bond donors (Lipinski definition) is 0. The molecule has 1 aliphatic carbocycles. The predicted molar refractivity (Wildman–Crippen MR) is 53.7 cm³/mol. The Morgan fingerprint density at radius 2 is 2.33 bits per heavy atom. The largest absolute Gasteiger partial charge is 0.486 e. The standard InChI is InChI=1S/C10H12N2O3/c1-7(8-2-3-8)15-9-4-5-10(11-6-9)12(13)14/h4-8H,2-3H2,1H3. The van der Waals surface area contributed by atoms with E-state index in [0.717, 1.165) is 0 Å². The highest BCUT2D eigenvalue weighted by Crippen LogP contribution is 2.34. The summed E-state index contributed by atoms with van der Waals surface area (Å²) < 4.78 is 5.59. The van der Waals surface area contributed by atoms with Gasteiger partial charge in [0.15, 0.2) is 11.9 Å². The quantitative estimate of drug-likeness (QED) is 0.561. The number of pyridine rings is 1. The Morgan fingerprint density at radius 1 is 1.60 bits per heavy atom. The number of rotatable bonds is 4. The van der Waals surface area contributed by atoms with E-state index in [1.54, 1.807) is 6.07 Å². The van der Waals surface area contributed by atoms with Gasteiger partial charge in [0.25, 0.3) is 0 Å². The zero-order valence-corrected chi connectivity index (χ0v) is 8.42. The zero-order chi connectivity index (χ0) is 10.8. The van der Waals surface area contributed by atoms with E-state index in [2.05, 4.69) is 4.98 Å². The molecule has 5 heteroatoms. The molecule has 0 aliphatic heterocycles. The number of ether oxygens (including phenoxy) is 1. The maximum atomic E-state index is 10.4. The van der Waals surface area contributed by atoms with Crippen molar-refractivity contribution in [3.05, 3.63) is 28.4 Å². The summed E-state index contributed by atoms with van der Waals surface area (Å²) in [5.41, 5.74) is 0. The van der Waals surface area contributed by atoms with Gasteiger partial charge in [-0.2, -0.15) is 0 Å². The van der Waals surface area contributed by atoms with Crippen LogP contribution in [0.5, 0.6) is 5.75 Å². The first-order valence-corrected chi connectivity index (χ1v) is 4.94. The van der Waals surface area contributed by atoms with E-state index in [9.17, 15) is 10.1 Å². The summed E-state index contributed by atoms with van der Waals surface area (Å²) in [4.78, 5) is 13.5. The van der Waals surface area contributed by atoms with Crippen LogP contribution >= 0.6 is 0 Å². The molecule has 5 nitrogen and oxygen atoms in total. The Kier molecular flexibility index (Phi) is 2.53. The van der Waals surface area contributed by atoms with Gasteiger partial charge in [-0.05, 0) is 41.7 Å². The maximum absolute atomic E-state index is 10.4. The SMILES string of the molecule is CC(Oc1ccc([N+](=O)[O-])nc1)C1CC1. The summed E-state index contributed by atoms with van der Waals surface area (Å²) in [5.74, 6) is 1.08. The van der Waals surface area contributed by atoms with Crippen molar-refractivity contribution >= 4 is 5.82 Å². The van der Waals surface area contributed by atoms with Crippen LogP contribution in [0.4, 0.5) is 5.82 Å². The van der Waals surface area contributed by atoms with Crippen LogP contribution in [0.15, 0.2) is 18.3 Å². The van der Waals surface area contributed by atoms with Crippen molar-refractivity contribution in [2.75, 3.05) is 0 Å². The van der Waals surface area contributed by atoms with Crippen LogP contribution in [0.25, 0.3) is 0 Å². The fourth-order valence-electron chi connectivity index (χ4n) is 1.43. The van der Waals surface area contributed by atoms with Crippen LogP contribution in [0.1, 0.15) is 19.8 Å². The van der Waals surface area contributed by atoms with Crippen molar-refractivity contribution in [2.45, 2.75) is 25.9 Å². The normalized spacial score (nSPS) is 17.1. The molecule has 1 aromatic rings. The molecule has 80 valence electrons. The summed E-state index contributed by atoms with van der Waals surface area (Å²) in [6.07, 6.45) is 3.99. The van der Waals surface area contributed by atoms with E-state index in [0.29, 0.717) is 11.7 Å². The molecule has 1 aromatic heterocycles. The van der Waals surface area contributed by atoms with Crippen LogP contribution in [-0.4, -0.2) is 16.0 Å². The van der Waals surface area contributed by atoms with Gasteiger partial charge in [0.1, 0.15) is 0 Å². The van der Waals surface area contributed by atoms with Crippen molar-refractivity contribution in [2.24, 2.45) is 5.92 Å². The van der Waals surface area contributed by atoms with Crippen molar-refractivity contribution in [1.82, 2.24) is 4.98 Å². The van der Waals surface area contributed by atoms with E-state index >= 15 is 0 Å². The van der Waals surface area contributed by atoms with Crippen molar-refractivity contribution in [3.8, 4) is 5.75 Å². The maximum Gasteiger partial charge on any atom is 0.363 e. The molecule has 1 unspecified atom stereocenters. The van der Waals surface area contributed by atoms with E-state index in [-0.39, 0.29) is 11.9 Å². The predicted octanol–water partition coefficient (Wildman–Crippen LogP) is 2.17. The van der Waals surface area contributed by atoms with Gasteiger partial charge in [-0.1, -0.05) is 0 Å². The first-order chi connectivity index (χ1) is 7.16. The number of nitro groups is 1. The van der Waals surface area contributed by atoms with Crippen LogP contribution in [0.3, 0.4) is 0 Å². The minimum Gasteiger partial charge on any atom is -0.486 e. The fraction of sp³-hybridized carbons (Fsp3) is 0.500. The third-order valence-electron chi connectivity index (χ3n) is 2.52. The molecule has 0 aromatic carbocycles. The highest BCUT2D eigenvalue weighted by atomic mass is 16.6. The van der Waals surface area contributed by atoms with Gasteiger partial charge in [-0.15, -0.1) is 0 Å². The molecule has 0 spiro atoms. The third-order valence-corrected chi connectivity index (χ3v) is 2.52. The van der Waals surface area contributed by atoms with Gasteiger partial charge in [0, 0.05) is 6.07 Å². The summed E-state index contributed by atoms with van der Waals surface area (Å²) in [6.45, 7) is 2.01. The van der Waals surface area contributed by atoms with Crippen LogP contribution in [0, 0.1) is 16.0 Å². The average molecular weight is 208 g/mol. The fourth-order valence-corrected chi connectivity index (χ4v) is 1.43. The second kappa shape index (κ2) is 3.84. The second-order valence-electron chi connectivity index (χ2n) is 3.77. The molecule has 0 radical (unpaired) electrons. The molecule has 1 heterocycles. The Labute approximate surface area is 87.2 Å². The molecule has 1 saturated carbocycles. The smallest absolute Gasteiger partial charge is 0.363 e. The van der Waals surface area contributed by atoms with Crippen molar-refractivity contribution in [3.63, 3.8) is 0 Å². The highest BCUT2D eigenvalue weighted by Gasteiger charge is 2.29. The monoisotopic (exact) mass is 208 g/mol. The third kappa shape index (κ3) is 2.43. The summed E-state index contributed by atoms with van der Waals surface area (Å²) in [6, 6.07) is 2.94. The van der Waals surface area contributed by atoms with Crippen molar-refractivity contribution < 1.29 is 9.66 Å². The van der Waals surface area contributed by atoms with E-state index < -0.39 is 4.92 Å². The minimum atomic E-state index is -0.520. The summed E-state index contributed by atoms with van der Waals surface area (Å²) in [7, 11) is 0. The van der Waals surface area contributed by atoms with Crippen molar-refractivity contribution in [1.29, 1.82) is 0 Å². The Balaban J connectivity index is 1.99. The second-order valence-corrected chi connectivity index (χ2v) is 3.77. The number of aromatic nitrogens is 1. The molecule has 1 atom stereocenters. The lowest BCUT2D eigenvalue weighted by molar-refractivity contribution is -0.389. The van der Waals surface area contributed by atoms with E-state index in [1.165, 1.54) is 25.1 Å². The highest BCUT2D eigenvalue weighted by molar-refractivity contribution is 5.27. The van der Waals surface area contributed by atoms with Gasteiger partial charge < -0.3 is 14.9 Å². The first kappa shape index (κ1) is 9.89. The van der Waals surface area contributed by atoms with Gasteiger partial charge in [-0.3, -0.25) is 0 Å². The lowest BCUT2D eigenvalue weighted by Gasteiger charge is -2.11. The van der Waals surface area contributed by atoms with Crippen LogP contribution < -0.4 is 4.74 Å². The van der Waals surface area contributed by atoms with Crippen LogP contribution in [0.2, 0.25) is 0 Å². The Hall–Kier alpha value is -1.65. The number of nitrogens with zero attached hydrogens (tertiary/aromatic N) is 2. The molecule has 0 saturated heterocycles. The first-order valence-electron chi connectivity index (χ1n) is 4.94. The molecule has 1 fully saturated rings. The molecule has 1 aliphatic rings. The van der Waals surface area contributed by atoms with Gasteiger partial charge >= 0.3 is 5.82 Å². The van der Waals surface area contributed by atoms with Gasteiger partial charge in [-0.25, -0.2) is 0 Å². The molecule has 0 N–H and O–H groups in total. The molecular formula is C10H12N2O3. The lowest BCUT2D eigenvalue weighted by atomic mass is 10.3. The number of hydrogen-bond acceptors (Lipinski definition) is 4. The van der Waals surface area contributed by atoms with Gasteiger partial charge in [0.2, 0.25) is 0 Å². The molecule has 2 rings (SSSR count). The van der Waals surface area contributed by atoms with E-state index in [1.807, 2.05) is 6.92 Å². The Bertz CT molecular complexity index is 359. The van der Waals surface area contributed by atoms with Crippen LogP contribution in [-0.2, 0) is 0 Å². The Morgan fingerprint density at radius 3 is 2.80 bits per heavy atom. The van der Waals surface area contributed by atoms with E-state index in [4.69, 9.17) is 4.74 Å². The summed E-state index contributed by atoms with van der Waals surface area (Å²) >= 11 is 0. The molecule has 0 bridgehead atoms. The molecule has 0 amide bonds. The average Bonchev–Trinajstić information content (AvgIpc) is 3.01. The summed E-state index contributed by atoms with van der Waals surface area (Å²) in [5, 5.41) is 10.4. The molecular weight excluding hydrogens is 196 g/mol. The topological polar surface area (TPSA) is 65.3 Å².